The molecule has 0 heterocycles. The zero-order valence-electron chi connectivity index (χ0n) is 12.0. The summed E-state index contributed by atoms with van der Waals surface area (Å²) >= 11 is 0. The van der Waals surface area contributed by atoms with E-state index < -0.39 is 4.92 Å². The van der Waals surface area contributed by atoms with E-state index in [0.717, 1.165) is 6.42 Å². The summed E-state index contributed by atoms with van der Waals surface area (Å²) in [5.74, 6) is 5.36. The summed E-state index contributed by atoms with van der Waals surface area (Å²) in [5, 5.41) is 10.7. The van der Waals surface area contributed by atoms with Gasteiger partial charge < -0.3 is 19.6 Å². The first-order valence-electron chi connectivity index (χ1n) is 6.57. The average Bonchev–Trinajstić information content (AvgIpc) is 2.49. The van der Waals surface area contributed by atoms with Gasteiger partial charge in [0.2, 0.25) is 0 Å². The number of nitrogens with one attached hydrogen (secondary N) is 1. The number of nitrogens with two attached hydrogens (primary N) is 1. The van der Waals surface area contributed by atoms with E-state index in [2.05, 4.69) is 5.43 Å². The Balaban J connectivity index is 2.33. The van der Waals surface area contributed by atoms with Crippen LogP contribution in [0.1, 0.15) is 12.0 Å². The minimum absolute atomic E-state index is 0.00316. The first kappa shape index (κ1) is 17.3. The highest BCUT2D eigenvalue weighted by atomic mass is 16.6. The number of nitro benzene ring substituents is 1. The molecule has 118 valence electrons. The Morgan fingerprint density at radius 1 is 1.24 bits per heavy atom. The highest BCUT2D eigenvalue weighted by Crippen LogP contribution is 2.22. The molecule has 8 heteroatoms. The summed E-state index contributed by atoms with van der Waals surface area (Å²) in [5.41, 5.74) is 3.72. The molecule has 0 radical (unpaired) electrons. The van der Waals surface area contributed by atoms with Gasteiger partial charge in [0.1, 0.15) is 0 Å². The zero-order valence-corrected chi connectivity index (χ0v) is 12.0. The van der Waals surface area contributed by atoms with Crippen molar-refractivity contribution in [2.75, 3.05) is 39.0 Å². The molecule has 0 saturated heterocycles. The summed E-state index contributed by atoms with van der Waals surface area (Å²) in [6, 6.07) is 4.38. The van der Waals surface area contributed by atoms with Crippen LogP contribution in [-0.4, -0.2) is 38.5 Å². The number of rotatable bonds is 11. The predicted molar refractivity (Wildman–Crippen MR) is 77.9 cm³/mol. The summed E-state index contributed by atoms with van der Waals surface area (Å²) in [6.45, 7) is 2.37. The Morgan fingerprint density at radius 3 is 2.67 bits per heavy atom. The van der Waals surface area contributed by atoms with Gasteiger partial charge in [0.15, 0.2) is 0 Å². The van der Waals surface area contributed by atoms with Crippen LogP contribution in [0.5, 0.6) is 0 Å². The molecule has 0 unspecified atom stereocenters. The second-order valence-corrected chi connectivity index (χ2v) is 4.25. The molecule has 1 aromatic carbocycles. The monoisotopic (exact) mass is 299 g/mol. The van der Waals surface area contributed by atoms with Crippen molar-refractivity contribution in [1.29, 1.82) is 0 Å². The summed E-state index contributed by atoms with van der Waals surface area (Å²) in [4.78, 5) is 10.3. The van der Waals surface area contributed by atoms with Crippen LogP contribution in [0.4, 0.5) is 11.4 Å². The average molecular weight is 299 g/mol. The molecule has 0 aliphatic rings. The van der Waals surface area contributed by atoms with Crippen molar-refractivity contribution in [2.24, 2.45) is 5.84 Å². The van der Waals surface area contributed by atoms with E-state index in [9.17, 15) is 10.1 Å². The number of benzene rings is 1. The molecule has 1 rings (SSSR count). The number of hydrogen-bond acceptors (Lipinski definition) is 7. The van der Waals surface area contributed by atoms with Crippen molar-refractivity contribution >= 4 is 11.4 Å². The molecule has 0 saturated carbocycles. The lowest BCUT2D eigenvalue weighted by Gasteiger charge is -2.10. The van der Waals surface area contributed by atoms with E-state index in [-0.39, 0.29) is 12.3 Å². The molecule has 0 atom stereocenters. The third kappa shape index (κ3) is 6.50. The minimum atomic E-state index is -0.456. The van der Waals surface area contributed by atoms with Gasteiger partial charge in [-0.3, -0.25) is 16.0 Å². The molecule has 0 aliphatic heterocycles. The third-order valence-electron chi connectivity index (χ3n) is 2.72. The topological polar surface area (TPSA) is 109 Å². The Bertz CT molecular complexity index is 442. The van der Waals surface area contributed by atoms with E-state index in [0.29, 0.717) is 37.7 Å². The first-order valence-corrected chi connectivity index (χ1v) is 6.57. The largest absolute Gasteiger partial charge is 0.385 e. The quantitative estimate of drug-likeness (QED) is 0.275. The van der Waals surface area contributed by atoms with Crippen LogP contribution in [0.2, 0.25) is 0 Å². The van der Waals surface area contributed by atoms with E-state index in [1.165, 1.54) is 12.1 Å². The fourth-order valence-electron chi connectivity index (χ4n) is 1.66. The van der Waals surface area contributed by atoms with Crippen LogP contribution in [0.15, 0.2) is 18.2 Å². The van der Waals surface area contributed by atoms with Crippen molar-refractivity contribution in [3.8, 4) is 0 Å². The maximum absolute atomic E-state index is 10.7. The van der Waals surface area contributed by atoms with Crippen molar-refractivity contribution < 1.29 is 19.1 Å². The van der Waals surface area contributed by atoms with Crippen LogP contribution in [0, 0.1) is 10.1 Å². The molecule has 8 nitrogen and oxygen atoms in total. The smallest absolute Gasteiger partial charge is 0.269 e. The van der Waals surface area contributed by atoms with Gasteiger partial charge in [-0.25, -0.2) is 0 Å². The molecule has 0 aliphatic carbocycles. The van der Waals surface area contributed by atoms with Crippen LogP contribution >= 0.6 is 0 Å². The lowest BCUT2D eigenvalue weighted by Crippen LogP contribution is -2.11. The second-order valence-electron chi connectivity index (χ2n) is 4.25. The summed E-state index contributed by atoms with van der Waals surface area (Å²) in [7, 11) is 1.64. The van der Waals surface area contributed by atoms with Gasteiger partial charge in [-0.2, -0.15) is 0 Å². The minimum Gasteiger partial charge on any atom is -0.385 e. The molecule has 0 amide bonds. The fourth-order valence-corrected chi connectivity index (χ4v) is 1.66. The van der Waals surface area contributed by atoms with Gasteiger partial charge in [-0.15, -0.1) is 0 Å². The maximum Gasteiger partial charge on any atom is 0.269 e. The Morgan fingerprint density at radius 2 is 2.00 bits per heavy atom. The van der Waals surface area contributed by atoms with E-state index in [1.807, 2.05) is 0 Å². The number of non-ortho nitro benzene ring substituents is 1. The van der Waals surface area contributed by atoms with Gasteiger partial charge >= 0.3 is 0 Å². The number of hydrogen-bond donors (Lipinski definition) is 2. The maximum atomic E-state index is 10.7. The number of methoxy groups -OCH3 is 1. The second kappa shape index (κ2) is 10.1. The Kier molecular flexibility index (Phi) is 8.29. The molecule has 0 spiro atoms. The summed E-state index contributed by atoms with van der Waals surface area (Å²) in [6.07, 6.45) is 0.836. The molecule has 21 heavy (non-hydrogen) atoms. The highest BCUT2D eigenvalue weighted by molar-refractivity contribution is 5.55. The molecule has 0 fully saturated rings. The molecule has 0 aromatic heterocycles. The zero-order chi connectivity index (χ0) is 15.5. The SMILES string of the molecule is COCCCOCCOCc1cc([N+](=O)[O-])ccc1NN. The standard InChI is InChI=1S/C13H21N3O5/c1-19-5-2-6-20-7-8-21-10-11-9-12(16(17)18)3-4-13(11)15-14/h3-4,9,15H,2,5-8,10,14H2,1H3. The molecular weight excluding hydrogens is 278 g/mol. The van der Waals surface area contributed by atoms with E-state index >= 15 is 0 Å². The lowest BCUT2D eigenvalue weighted by atomic mass is 10.1. The van der Waals surface area contributed by atoms with Crippen LogP contribution in [-0.2, 0) is 20.8 Å². The lowest BCUT2D eigenvalue weighted by molar-refractivity contribution is -0.384. The number of anilines is 1. The van der Waals surface area contributed by atoms with Crippen molar-refractivity contribution in [3.05, 3.63) is 33.9 Å². The predicted octanol–water partition coefficient (Wildman–Crippen LogP) is 1.45. The van der Waals surface area contributed by atoms with Crippen molar-refractivity contribution in [1.82, 2.24) is 0 Å². The molecule has 3 N–H and O–H groups in total. The normalized spacial score (nSPS) is 10.6. The van der Waals surface area contributed by atoms with Gasteiger partial charge in [-0.05, 0) is 12.5 Å². The van der Waals surface area contributed by atoms with Crippen LogP contribution in [0.3, 0.4) is 0 Å². The molecule has 0 bridgehead atoms. The van der Waals surface area contributed by atoms with Gasteiger partial charge in [0, 0.05) is 38.0 Å². The number of hydrazine groups is 1. The number of nitrogen functional groups attached to an aromatic ring is 1. The third-order valence-corrected chi connectivity index (χ3v) is 2.72. The van der Waals surface area contributed by atoms with Gasteiger partial charge in [0.25, 0.3) is 5.69 Å². The number of nitro groups is 1. The van der Waals surface area contributed by atoms with E-state index in [1.54, 1.807) is 13.2 Å². The van der Waals surface area contributed by atoms with Gasteiger partial charge in [-0.1, -0.05) is 0 Å². The molecule has 1 aromatic rings. The van der Waals surface area contributed by atoms with E-state index in [4.69, 9.17) is 20.1 Å². The first-order chi connectivity index (χ1) is 10.2. The Hall–Kier alpha value is -1.74. The van der Waals surface area contributed by atoms with Crippen molar-refractivity contribution in [2.45, 2.75) is 13.0 Å². The molecular formula is C13H21N3O5. The number of nitrogens with zero attached hydrogens (tertiary/aromatic N) is 1. The Labute approximate surface area is 123 Å². The highest BCUT2D eigenvalue weighted by Gasteiger charge is 2.10. The van der Waals surface area contributed by atoms with Crippen LogP contribution < -0.4 is 11.3 Å². The van der Waals surface area contributed by atoms with Gasteiger partial charge in [0.05, 0.1) is 30.4 Å². The number of ether oxygens (including phenoxy) is 3. The van der Waals surface area contributed by atoms with Crippen LogP contribution in [0.25, 0.3) is 0 Å². The fraction of sp³-hybridized carbons (Fsp3) is 0.538. The summed E-state index contributed by atoms with van der Waals surface area (Å²) < 4.78 is 15.7. The van der Waals surface area contributed by atoms with Crippen molar-refractivity contribution in [3.63, 3.8) is 0 Å².